The molecule has 0 radical (unpaired) electrons. The van der Waals surface area contributed by atoms with Gasteiger partial charge < -0.3 is 4.74 Å². The Morgan fingerprint density at radius 1 is 1.18 bits per heavy atom. The normalized spacial score (nSPS) is 16.8. The summed E-state index contributed by atoms with van der Waals surface area (Å²) in [5.41, 5.74) is 1.22. The minimum atomic E-state index is 0.795. The molecule has 2 nitrogen and oxygen atoms in total. The van der Waals surface area contributed by atoms with Gasteiger partial charge in [0.25, 0.3) is 0 Å². The van der Waals surface area contributed by atoms with E-state index in [0.717, 1.165) is 18.9 Å². The van der Waals surface area contributed by atoms with Crippen molar-refractivity contribution < 1.29 is 4.74 Å². The van der Waals surface area contributed by atoms with Crippen molar-refractivity contribution >= 4 is 6.08 Å². The zero-order valence-corrected chi connectivity index (χ0v) is 10.6. The van der Waals surface area contributed by atoms with Crippen molar-refractivity contribution in [2.75, 3.05) is 26.2 Å². The largest absolute Gasteiger partial charge is 0.492 e. The SMILES string of the molecule is CC=Cc1ccc(OCCN2CCCC2)cc1. The summed E-state index contributed by atoms with van der Waals surface area (Å²) in [6, 6.07) is 8.26. The Morgan fingerprint density at radius 3 is 2.53 bits per heavy atom. The minimum absolute atomic E-state index is 0.795. The monoisotopic (exact) mass is 231 g/mol. The summed E-state index contributed by atoms with van der Waals surface area (Å²) in [6.07, 6.45) is 6.83. The maximum absolute atomic E-state index is 5.74. The molecule has 1 saturated heterocycles. The van der Waals surface area contributed by atoms with Gasteiger partial charge in [-0.1, -0.05) is 24.3 Å². The Balaban J connectivity index is 1.74. The Morgan fingerprint density at radius 2 is 1.88 bits per heavy atom. The summed E-state index contributed by atoms with van der Waals surface area (Å²) in [6.45, 7) is 6.35. The molecule has 1 aliphatic rings. The molecule has 0 aliphatic carbocycles. The van der Waals surface area contributed by atoms with Gasteiger partial charge in [0.2, 0.25) is 0 Å². The first kappa shape index (κ1) is 12.2. The van der Waals surface area contributed by atoms with Crippen molar-refractivity contribution in [3.63, 3.8) is 0 Å². The van der Waals surface area contributed by atoms with Gasteiger partial charge in [0.15, 0.2) is 0 Å². The van der Waals surface area contributed by atoms with Crippen molar-refractivity contribution in [2.24, 2.45) is 0 Å². The van der Waals surface area contributed by atoms with Crippen molar-refractivity contribution in [1.29, 1.82) is 0 Å². The molecular weight excluding hydrogens is 210 g/mol. The number of nitrogens with zero attached hydrogens (tertiary/aromatic N) is 1. The fourth-order valence-corrected chi connectivity index (χ4v) is 2.17. The predicted molar refractivity (Wildman–Crippen MR) is 72.3 cm³/mol. The van der Waals surface area contributed by atoms with Gasteiger partial charge >= 0.3 is 0 Å². The third-order valence-corrected chi connectivity index (χ3v) is 3.11. The maximum Gasteiger partial charge on any atom is 0.119 e. The highest BCUT2D eigenvalue weighted by Gasteiger charge is 2.10. The van der Waals surface area contributed by atoms with E-state index >= 15 is 0 Å². The molecule has 0 atom stereocenters. The van der Waals surface area contributed by atoms with Crippen LogP contribution in [0.15, 0.2) is 30.3 Å². The van der Waals surface area contributed by atoms with Crippen LogP contribution in [0.2, 0.25) is 0 Å². The fraction of sp³-hybridized carbons (Fsp3) is 0.467. The van der Waals surface area contributed by atoms with E-state index in [1.165, 1.54) is 31.5 Å². The summed E-state index contributed by atoms with van der Waals surface area (Å²) in [5.74, 6) is 0.970. The quantitative estimate of drug-likeness (QED) is 0.771. The lowest BCUT2D eigenvalue weighted by atomic mass is 10.2. The molecule has 1 fully saturated rings. The lowest BCUT2D eigenvalue weighted by Gasteiger charge is -2.14. The third-order valence-electron chi connectivity index (χ3n) is 3.11. The van der Waals surface area contributed by atoms with E-state index in [0.29, 0.717) is 0 Å². The number of hydrogen-bond donors (Lipinski definition) is 0. The highest BCUT2D eigenvalue weighted by atomic mass is 16.5. The number of likely N-dealkylation sites (tertiary alicyclic amines) is 1. The lowest BCUT2D eigenvalue weighted by molar-refractivity contribution is 0.238. The molecule has 1 heterocycles. The van der Waals surface area contributed by atoms with Crippen LogP contribution in [0.5, 0.6) is 5.75 Å². The van der Waals surface area contributed by atoms with Gasteiger partial charge in [0.05, 0.1) is 0 Å². The second-order valence-corrected chi connectivity index (χ2v) is 4.47. The second-order valence-electron chi connectivity index (χ2n) is 4.47. The Labute approximate surface area is 104 Å². The average Bonchev–Trinajstić information content (AvgIpc) is 2.85. The lowest BCUT2D eigenvalue weighted by Crippen LogP contribution is -2.25. The highest BCUT2D eigenvalue weighted by Crippen LogP contribution is 2.13. The van der Waals surface area contributed by atoms with Gasteiger partial charge in [-0.25, -0.2) is 0 Å². The van der Waals surface area contributed by atoms with Gasteiger partial charge in [-0.05, 0) is 50.6 Å². The van der Waals surface area contributed by atoms with E-state index in [1.54, 1.807) is 0 Å². The molecule has 0 N–H and O–H groups in total. The van der Waals surface area contributed by atoms with Crippen molar-refractivity contribution in [1.82, 2.24) is 4.90 Å². The molecule has 1 aromatic carbocycles. The van der Waals surface area contributed by atoms with Crippen LogP contribution >= 0.6 is 0 Å². The Bertz CT molecular complexity index is 350. The van der Waals surface area contributed by atoms with Crippen molar-refractivity contribution in [3.05, 3.63) is 35.9 Å². The first-order valence-electron chi connectivity index (χ1n) is 6.46. The van der Waals surface area contributed by atoms with Crippen LogP contribution in [-0.4, -0.2) is 31.1 Å². The number of allylic oxidation sites excluding steroid dienone is 1. The molecule has 1 aliphatic heterocycles. The topological polar surface area (TPSA) is 12.5 Å². The summed E-state index contributed by atoms with van der Waals surface area (Å²) < 4.78 is 5.74. The molecule has 2 rings (SSSR count). The average molecular weight is 231 g/mol. The smallest absolute Gasteiger partial charge is 0.119 e. The molecule has 0 unspecified atom stereocenters. The van der Waals surface area contributed by atoms with Crippen LogP contribution in [-0.2, 0) is 0 Å². The van der Waals surface area contributed by atoms with Gasteiger partial charge in [-0.15, -0.1) is 0 Å². The van der Waals surface area contributed by atoms with Crippen LogP contribution in [0.1, 0.15) is 25.3 Å². The van der Waals surface area contributed by atoms with Crippen LogP contribution < -0.4 is 4.74 Å². The first-order chi connectivity index (χ1) is 8.38. The van der Waals surface area contributed by atoms with E-state index in [2.05, 4.69) is 23.1 Å². The summed E-state index contributed by atoms with van der Waals surface area (Å²) >= 11 is 0. The Kier molecular flexibility index (Phi) is 4.63. The fourth-order valence-electron chi connectivity index (χ4n) is 2.17. The molecule has 0 spiro atoms. The van der Waals surface area contributed by atoms with Gasteiger partial charge in [0, 0.05) is 6.54 Å². The summed E-state index contributed by atoms with van der Waals surface area (Å²) in [5, 5.41) is 0. The zero-order chi connectivity index (χ0) is 11.9. The van der Waals surface area contributed by atoms with E-state index in [1.807, 2.05) is 25.1 Å². The van der Waals surface area contributed by atoms with Gasteiger partial charge in [-0.2, -0.15) is 0 Å². The highest BCUT2D eigenvalue weighted by molar-refractivity contribution is 5.50. The van der Waals surface area contributed by atoms with E-state index in [-0.39, 0.29) is 0 Å². The van der Waals surface area contributed by atoms with Gasteiger partial charge in [-0.3, -0.25) is 4.90 Å². The summed E-state index contributed by atoms with van der Waals surface area (Å²) in [4.78, 5) is 2.47. The van der Waals surface area contributed by atoms with Crippen LogP contribution in [0.4, 0.5) is 0 Å². The zero-order valence-electron chi connectivity index (χ0n) is 10.6. The first-order valence-corrected chi connectivity index (χ1v) is 6.46. The summed E-state index contributed by atoms with van der Waals surface area (Å²) in [7, 11) is 0. The number of rotatable bonds is 5. The molecule has 92 valence electrons. The van der Waals surface area contributed by atoms with Crippen molar-refractivity contribution in [3.8, 4) is 5.75 Å². The van der Waals surface area contributed by atoms with E-state index in [9.17, 15) is 0 Å². The van der Waals surface area contributed by atoms with Crippen LogP contribution in [0.25, 0.3) is 6.08 Å². The molecular formula is C15H21NO. The number of hydrogen-bond acceptors (Lipinski definition) is 2. The van der Waals surface area contributed by atoms with E-state index in [4.69, 9.17) is 4.74 Å². The molecule has 1 aromatic rings. The third kappa shape index (κ3) is 3.90. The Hall–Kier alpha value is -1.28. The molecule has 0 aromatic heterocycles. The van der Waals surface area contributed by atoms with Crippen LogP contribution in [0.3, 0.4) is 0 Å². The number of ether oxygens (including phenoxy) is 1. The van der Waals surface area contributed by atoms with Crippen molar-refractivity contribution in [2.45, 2.75) is 19.8 Å². The predicted octanol–water partition coefficient (Wildman–Crippen LogP) is 3.19. The standard InChI is InChI=1S/C15H21NO/c1-2-5-14-6-8-15(9-7-14)17-13-12-16-10-3-4-11-16/h2,5-9H,3-4,10-13H2,1H3. The molecule has 2 heteroatoms. The molecule has 0 bridgehead atoms. The maximum atomic E-state index is 5.74. The second kappa shape index (κ2) is 6.45. The molecule has 0 amide bonds. The number of benzene rings is 1. The van der Waals surface area contributed by atoms with Gasteiger partial charge in [0.1, 0.15) is 12.4 Å². The van der Waals surface area contributed by atoms with E-state index < -0.39 is 0 Å². The van der Waals surface area contributed by atoms with Crippen LogP contribution in [0, 0.1) is 0 Å². The molecule has 17 heavy (non-hydrogen) atoms. The minimum Gasteiger partial charge on any atom is -0.492 e. The molecule has 0 saturated carbocycles.